The minimum Gasteiger partial charge on any atom is -0.497 e. The molecular weight excluding hydrogens is 292 g/mol. The third-order valence-corrected chi connectivity index (χ3v) is 5.00. The van der Waals surface area contributed by atoms with Crippen molar-refractivity contribution in [1.29, 1.82) is 0 Å². The Hall–Kier alpha value is -1.60. The number of methoxy groups -OCH3 is 1. The van der Waals surface area contributed by atoms with Crippen LogP contribution >= 0.6 is 0 Å². The maximum atomic E-state index is 12.3. The molecule has 1 saturated heterocycles. The van der Waals surface area contributed by atoms with Crippen LogP contribution in [0.15, 0.2) is 24.3 Å². The van der Waals surface area contributed by atoms with Crippen molar-refractivity contribution in [1.82, 2.24) is 4.90 Å². The molecule has 21 heavy (non-hydrogen) atoms. The van der Waals surface area contributed by atoms with Crippen LogP contribution in [0.1, 0.15) is 18.4 Å². The first-order valence-corrected chi connectivity index (χ1v) is 8.43. The molecule has 0 bridgehead atoms. The Morgan fingerprint density at radius 3 is 2.90 bits per heavy atom. The molecule has 0 saturated carbocycles. The predicted octanol–water partition coefficient (Wildman–Crippen LogP) is 0.517. The minimum atomic E-state index is -3.59. The summed E-state index contributed by atoms with van der Waals surface area (Å²) in [4.78, 5) is 13.9. The Bertz CT molecular complexity index is 615. The molecular formula is C14H20N2O4S. The number of primary sulfonamides is 1. The van der Waals surface area contributed by atoms with Crippen LogP contribution in [0.3, 0.4) is 0 Å². The maximum Gasteiger partial charge on any atom is 0.227 e. The summed E-state index contributed by atoms with van der Waals surface area (Å²) in [6, 6.07) is 7.29. The summed E-state index contributed by atoms with van der Waals surface area (Å²) in [5.74, 6) is 0.609. The fraction of sp³-hybridized carbons (Fsp3) is 0.500. The number of nitrogens with two attached hydrogens (primary N) is 1. The van der Waals surface area contributed by atoms with E-state index in [0.29, 0.717) is 25.1 Å². The zero-order valence-corrected chi connectivity index (χ0v) is 12.8. The number of benzene rings is 1. The summed E-state index contributed by atoms with van der Waals surface area (Å²) in [6.07, 6.45) is 1.40. The third kappa shape index (κ3) is 4.18. The van der Waals surface area contributed by atoms with Crippen molar-refractivity contribution in [2.24, 2.45) is 5.14 Å². The van der Waals surface area contributed by atoms with Crippen LogP contribution in [-0.4, -0.2) is 44.7 Å². The van der Waals surface area contributed by atoms with Crippen molar-refractivity contribution >= 4 is 15.9 Å². The lowest BCUT2D eigenvalue weighted by molar-refractivity contribution is -0.131. The molecule has 0 aliphatic carbocycles. The smallest absolute Gasteiger partial charge is 0.227 e. The highest BCUT2D eigenvalue weighted by atomic mass is 32.2. The lowest BCUT2D eigenvalue weighted by Gasteiger charge is -2.31. The Morgan fingerprint density at radius 1 is 1.48 bits per heavy atom. The van der Waals surface area contributed by atoms with Gasteiger partial charge in [-0.3, -0.25) is 4.79 Å². The number of nitrogens with zero attached hydrogens (tertiary/aromatic N) is 1. The second-order valence-corrected chi connectivity index (χ2v) is 7.07. The van der Waals surface area contributed by atoms with Crippen LogP contribution in [0.4, 0.5) is 0 Å². The van der Waals surface area contributed by atoms with E-state index in [-0.39, 0.29) is 18.9 Å². The zero-order chi connectivity index (χ0) is 15.5. The standard InChI is InChI=1S/C14H20N2O4S/c1-20-12-5-2-4-11(8-12)9-14(17)16-7-3-6-13(10-16)21(15,18)19/h2,4-5,8,13H,3,6-7,9-10H2,1H3,(H2,15,18,19)/t13-/m1/s1. The highest BCUT2D eigenvalue weighted by Crippen LogP contribution is 2.18. The van der Waals surface area contributed by atoms with Gasteiger partial charge >= 0.3 is 0 Å². The molecule has 1 fully saturated rings. The summed E-state index contributed by atoms with van der Waals surface area (Å²) in [6.45, 7) is 0.760. The van der Waals surface area contributed by atoms with E-state index >= 15 is 0 Å². The van der Waals surface area contributed by atoms with Gasteiger partial charge in [0.25, 0.3) is 0 Å². The minimum absolute atomic E-state index is 0.0865. The lowest BCUT2D eigenvalue weighted by Crippen LogP contribution is -2.47. The number of carbonyl (C=O) groups excluding carboxylic acids is 1. The highest BCUT2D eigenvalue weighted by Gasteiger charge is 2.30. The molecule has 1 aromatic carbocycles. The van der Waals surface area contributed by atoms with Crippen LogP contribution in [-0.2, 0) is 21.2 Å². The summed E-state index contributed by atoms with van der Waals surface area (Å²) < 4.78 is 28.0. The molecule has 7 heteroatoms. The summed E-state index contributed by atoms with van der Waals surface area (Å²) >= 11 is 0. The number of rotatable bonds is 4. The van der Waals surface area contributed by atoms with Gasteiger partial charge in [-0.25, -0.2) is 13.6 Å². The zero-order valence-electron chi connectivity index (χ0n) is 12.0. The van der Waals surface area contributed by atoms with E-state index in [0.717, 1.165) is 5.56 Å². The number of sulfonamides is 1. The van der Waals surface area contributed by atoms with E-state index in [2.05, 4.69) is 0 Å². The van der Waals surface area contributed by atoms with Gasteiger partial charge < -0.3 is 9.64 Å². The molecule has 116 valence electrons. The molecule has 1 aliphatic rings. The largest absolute Gasteiger partial charge is 0.497 e. The number of hydrogen-bond acceptors (Lipinski definition) is 4. The van der Waals surface area contributed by atoms with E-state index in [1.54, 1.807) is 18.1 Å². The highest BCUT2D eigenvalue weighted by molar-refractivity contribution is 7.89. The summed E-state index contributed by atoms with van der Waals surface area (Å²) in [5, 5.41) is 4.53. The molecule has 0 aromatic heterocycles. The Labute approximate surface area is 124 Å². The van der Waals surface area contributed by atoms with Crippen LogP contribution in [0, 0.1) is 0 Å². The van der Waals surface area contributed by atoms with Gasteiger partial charge in [-0.2, -0.15) is 0 Å². The second kappa shape index (κ2) is 6.44. The van der Waals surface area contributed by atoms with Gasteiger partial charge in [0.2, 0.25) is 15.9 Å². The molecule has 0 radical (unpaired) electrons. The van der Waals surface area contributed by atoms with E-state index in [1.807, 2.05) is 18.2 Å². The monoisotopic (exact) mass is 312 g/mol. The molecule has 0 unspecified atom stereocenters. The summed E-state index contributed by atoms with van der Waals surface area (Å²) in [7, 11) is -2.02. The molecule has 1 heterocycles. The molecule has 6 nitrogen and oxygen atoms in total. The number of carbonyl (C=O) groups is 1. The first kappa shape index (κ1) is 15.8. The topological polar surface area (TPSA) is 89.7 Å². The van der Waals surface area contributed by atoms with Gasteiger partial charge in [-0.05, 0) is 30.5 Å². The van der Waals surface area contributed by atoms with E-state index in [9.17, 15) is 13.2 Å². The van der Waals surface area contributed by atoms with Crippen molar-refractivity contribution in [2.45, 2.75) is 24.5 Å². The van der Waals surface area contributed by atoms with Crippen molar-refractivity contribution in [3.8, 4) is 5.75 Å². The molecule has 2 N–H and O–H groups in total. The van der Waals surface area contributed by atoms with Crippen LogP contribution < -0.4 is 9.88 Å². The van der Waals surface area contributed by atoms with Gasteiger partial charge in [-0.1, -0.05) is 12.1 Å². The van der Waals surface area contributed by atoms with Crippen LogP contribution in [0.5, 0.6) is 5.75 Å². The van der Waals surface area contributed by atoms with Crippen molar-refractivity contribution in [2.75, 3.05) is 20.2 Å². The number of likely N-dealkylation sites (tertiary alicyclic amines) is 1. The fourth-order valence-corrected chi connectivity index (χ4v) is 3.38. The molecule has 1 aromatic rings. The van der Waals surface area contributed by atoms with E-state index < -0.39 is 15.3 Å². The summed E-state index contributed by atoms with van der Waals surface area (Å²) in [5.41, 5.74) is 0.845. The predicted molar refractivity (Wildman–Crippen MR) is 79.4 cm³/mol. The number of amides is 1. The average Bonchev–Trinajstić information content (AvgIpc) is 2.46. The number of piperidine rings is 1. The van der Waals surface area contributed by atoms with Crippen molar-refractivity contribution < 1.29 is 17.9 Å². The van der Waals surface area contributed by atoms with Gasteiger partial charge in [0.1, 0.15) is 5.75 Å². The number of hydrogen-bond donors (Lipinski definition) is 1. The molecule has 0 spiro atoms. The molecule has 1 aliphatic heterocycles. The first-order valence-electron chi connectivity index (χ1n) is 6.82. The number of ether oxygens (including phenoxy) is 1. The van der Waals surface area contributed by atoms with Crippen LogP contribution in [0.25, 0.3) is 0 Å². The SMILES string of the molecule is COc1cccc(CC(=O)N2CCC[C@@H](S(N)(=O)=O)C2)c1. The maximum absolute atomic E-state index is 12.3. The third-order valence-electron chi connectivity index (χ3n) is 3.68. The second-order valence-electron chi connectivity index (χ2n) is 5.22. The van der Waals surface area contributed by atoms with E-state index in [1.165, 1.54) is 0 Å². The van der Waals surface area contributed by atoms with Gasteiger partial charge in [0.15, 0.2) is 0 Å². The van der Waals surface area contributed by atoms with Crippen molar-refractivity contribution in [3.05, 3.63) is 29.8 Å². The van der Waals surface area contributed by atoms with Gasteiger partial charge in [-0.15, -0.1) is 0 Å². The van der Waals surface area contributed by atoms with Gasteiger partial charge in [0, 0.05) is 13.1 Å². The Kier molecular flexibility index (Phi) is 4.84. The normalized spacial score (nSPS) is 19.3. The average molecular weight is 312 g/mol. The fourth-order valence-electron chi connectivity index (χ4n) is 2.50. The molecule has 1 amide bonds. The first-order chi connectivity index (χ1) is 9.90. The van der Waals surface area contributed by atoms with Crippen LogP contribution in [0.2, 0.25) is 0 Å². The molecule has 1 atom stereocenters. The van der Waals surface area contributed by atoms with Gasteiger partial charge in [0.05, 0.1) is 18.8 Å². The van der Waals surface area contributed by atoms with Crippen molar-refractivity contribution in [3.63, 3.8) is 0 Å². The Morgan fingerprint density at radius 2 is 2.24 bits per heavy atom. The Balaban J connectivity index is 2.02. The molecule has 2 rings (SSSR count). The quantitative estimate of drug-likeness (QED) is 0.877. The van der Waals surface area contributed by atoms with E-state index in [4.69, 9.17) is 9.88 Å². The lowest BCUT2D eigenvalue weighted by atomic mass is 10.1.